The Kier molecular flexibility index (Phi) is 4.83. The molecule has 1 N–H and O–H groups in total. The summed E-state index contributed by atoms with van der Waals surface area (Å²) in [5.41, 5.74) is -0.637. The first-order chi connectivity index (χ1) is 9.97. The fourth-order valence-corrected chi connectivity index (χ4v) is 2.97. The molecule has 5 heteroatoms. The van der Waals surface area contributed by atoms with Crippen molar-refractivity contribution in [2.75, 3.05) is 11.9 Å². The van der Waals surface area contributed by atoms with Gasteiger partial charge in [0.25, 0.3) is 0 Å². The SMILES string of the molecule is CCOC(=O)C1(Nc2ccccc2F)CC(C)OC(C)C1. The van der Waals surface area contributed by atoms with Gasteiger partial charge >= 0.3 is 5.97 Å². The molecular formula is C16H22FNO3. The second kappa shape index (κ2) is 6.43. The van der Waals surface area contributed by atoms with E-state index in [4.69, 9.17) is 9.47 Å². The lowest BCUT2D eigenvalue weighted by molar-refractivity contribution is -0.157. The minimum Gasteiger partial charge on any atom is -0.464 e. The van der Waals surface area contributed by atoms with Gasteiger partial charge in [-0.05, 0) is 32.9 Å². The largest absolute Gasteiger partial charge is 0.464 e. The van der Waals surface area contributed by atoms with Crippen molar-refractivity contribution in [3.05, 3.63) is 30.1 Å². The van der Waals surface area contributed by atoms with Gasteiger partial charge in [-0.2, -0.15) is 0 Å². The smallest absolute Gasteiger partial charge is 0.331 e. The Morgan fingerprint density at radius 2 is 2.00 bits per heavy atom. The number of esters is 1. The van der Waals surface area contributed by atoms with Crippen molar-refractivity contribution in [3.8, 4) is 0 Å². The van der Waals surface area contributed by atoms with Crippen molar-refractivity contribution in [2.45, 2.75) is 51.4 Å². The van der Waals surface area contributed by atoms with Gasteiger partial charge in [0.1, 0.15) is 11.4 Å². The van der Waals surface area contributed by atoms with Crippen LogP contribution in [-0.2, 0) is 14.3 Å². The van der Waals surface area contributed by atoms with Crippen molar-refractivity contribution in [2.24, 2.45) is 0 Å². The molecule has 0 saturated carbocycles. The number of hydrogen-bond donors (Lipinski definition) is 1. The number of nitrogens with one attached hydrogen (secondary N) is 1. The molecule has 1 heterocycles. The molecule has 1 aromatic rings. The summed E-state index contributed by atoms with van der Waals surface area (Å²) in [5, 5.41) is 3.08. The number of hydrogen-bond acceptors (Lipinski definition) is 4. The number of anilines is 1. The highest BCUT2D eigenvalue weighted by atomic mass is 19.1. The second-order valence-corrected chi connectivity index (χ2v) is 5.57. The number of ether oxygens (including phenoxy) is 2. The summed E-state index contributed by atoms with van der Waals surface area (Å²) >= 11 is 0. The third-order valence-corrected chi connectivity index (χ3v) is 3.65. The van der Waals surface area contributed by atoms with Gasteiger partial charge in [-0.3, -0.25) is 0 Å². The van der Waals surface area contributed by atoms with Gasteiger partial charge in [-0.15, -0.1) is 0 Å². The van der Waals surface area contributed by atoms with Crippen molar-refractivity contribution in [1.29, 1.82) is 0 Å². The molecule has 1 aliphatic rings. The van der Waals surface area contributed by atoms with Crippen LogP contribution in [0.25, 0.3) is 0 Å². The number of rotatable bonds is 4. The summed E-state index contributed by atoms with van der Waals surface area (Å²) in [4.78, 5) is 12.5. The predicted octanol–water partition coefficient (Wildman–Crippen LogP) is 3.13. The van der Waals surface area contributed by atoms with Crippen LogP contribution in [0.2, 0.25) is 0 Å². The molecule has 116 valence electrons. The summed E-state index contributed by atoms with van der Waals surface area (Å²) in [5.74, 6) is -0.733. The number of benzene rings is 1. The zero-order chi connectivity index (χ0) is 15.5. The third-order valence-electron chi connectivity index (χ3n) is 3.65. The van der Waals surface area contributed by atoms with Crippen LogP contribution >= 0.6 is 0 Å². The zero-order valence-corrected chi connectivity index (χ0v) is 12.7. The topological polar surface area (TPSA) is 47.6 Å². The Labute approximate surface area is 124 Å². The number of halogens is 1. The lowest BCUT2D eigenvalue weighted by Gasteiger charge is -2.41. The maximum absolute atomic E-state index is 13.9. The first kappa shape index (κ1) is 15.8. The monoisotopic (exact) mass is 295 g/mol. The highest BCUT2D eigenvalue weighted by molar-refractivity contribution is 5.85. The van der Waals surface area contributed by atoms with Gasteiger partial charge in [-0.1, -0.05) is 12.1 Å². The van der Waals surface area contributed by atoms with Gasteiger partial charge < -0.3 is 14.8 Å². The maximum Gasteiger partial charge on any atom is 0.331 e. The molecule has 4 nitrogen and oxygen atoms in total. The first-order valence-electron chi connectivity index (χ1n) is 7.32. The minimum absolute atomic E-state index is 0.0996. The van der Waals surface area contributed by atoms with E-state index in [0.29, 0.717) is 25.1 Å². The Morgan fingerprint density at radius 3 is 2.57 bits per heavy atom. The summed E-state index contributed by atoms with van der Waals surface area (Å²) in [7, 11) is 0. The Hall–Kier alpha value is -1.62. The summed E-state index contributed by atoms with van der Waals surface area (Å²) in [6, 6.07) is 6.34. The van der Waals surface area contributed by atoms with E-state index < -0.39 is 5.54 Å². The van der Waals surface area contributed by atoms with Gasteiger partial charge in [0.2, 0.25) is 0 Å². The average Bonchev–Trinajstić information content (AvgIpc) is 2.40. The minimum atomic E-state index is -0.949. The van der Waals surface area contributed by atoms with Gasteiger partial charge in [0, 0.05) is 12.8 Å². The summed E-state index contributed by atoms with van der Waals surface area (Å²) in [6.45, 7) is 5.88. The van der Waals surface area contributed by atoms with E-state index in [9.17, 15) is 9.18 Å². The highest BCUT2D eigenvalue weighted by Gasteiger charge is 2.46. The van der Waals surface area contributed by atoms with Crippen LogP contribution in [0.1, 0.15) is 33.6 Å². The molecule has 2 rings (SSSR count). The lowest BCUT2D eigenvalue weighted by Crippen LogP contribution is -2.55. The molecule has 0 bridgehead atoms. The van der Waals surface area contributed by atoms with Crippen LogP contribution in [0.5, 0.6) is 0 Å². The van der Waals surface area contributed by atoms with Crippen molar-refractivity contribution in [1.82, 2.24) is 0 Å². The van der Waals surface area contributed by atoms with Gasteiger partial charge in [-0.25, -0.2) is 9.18 Å². The van der Waals surface area contributed by atoms with Crippen LogP contribution < -0.4 is 5.32 Å². The average molecular weight is 295 g/mol. The molecule has 0 aliphatic carbocycles. The van der Waals surface area contributed by atoms with Crippen LogP contribution in [0.4, 0.5) is 10.1 Å². The quantitative estimate of drug-likeness (QED) is 0.867. The van der Waals surface area contributed by atoms with Crippen molar-refractivity contribution >= 4 is 11.7 Å². The number of carbonyl (C=O) groups is 1. The molecule has 2 atom stereocenters. The lowest BCUT2D eigenvalue weighted by atomic mass is 9.83. The molecule has 1 aliphatic heterocycles. The van der Waals surface area contributed by atoms with E-state index in [1.807, 2.05) is 13.8 Å². The van der Waals surface area contributed by atoms with Crippen molar-refractivity contribution < 1.29 is 18.7 Å². The standard InChI is InChI=1S/C16H22FNO3/c1-4-20-15(19)16(9-11(2)21-12(3)10-16)18-14-8-6-5-7-13(14)17/h5-8,11-12,18H,4,9-10H2,1-3H3. The second-order valence-electron chi connectivity index (χ2n) is 5.57. The van der Waals surface area contributed by atoms with Crippen LogP contribution in [0, 0.1) is 5.82 Å². The van der Waals surface area contributed by atoms with Gasteiger partial charge in [0.15, 0.2) is 0 Å². The van der Waals surface area contributed by atoms with E-state index >= 15 is 0 Å². The molecule has 0 aromatic heterocycles. The fraction of sp³-hybridized carbons (Fsp3) is 0.562. The molecule has 0 radical (unpaired) electrons. The molecule has 21 heavy (non-hydrogen) atoms. The van der Waals surface area contributed by atoms with Crippen LogP contribution in [0.3, 0.4) is 0 Å². The third kappa shape index (κ3) is 3.53. The summed E-state index contributed by atoms with van der Waals surface area (Å²) in [6.07, 6.45) is 0.699. The Morgan fingerprint density at radius 1 is 1.38 bits per heavy atom. The first-order valence-corrected chi connectivity index (χ1v) is 7.32. The fourth-order valence-electron chi connectivity index (χ4n) is 2.97. The Bertz CT molecular complexity index is 496. The zero-order valence-electron chi connectivity index (χ0n) is 12.7. The predicted molar refractivity (Wildman–Crippen MR) is 78.6 cm³/mol. The molecule has 1 aromatic carbocycles. The van der Waals surface area contributed by atoms with Gasteiger partial charge in [0.05, 0.1) is 24.5 Å². The Balaban J connectivity index is 2.32. The van der Waals surface area contributed by atoms with E-state index in [2.05, 4.69) is 5.32 Å². The van der Waals surface area contributed by atoms with Crippen LogP contribution in [0.15, 0.2) is 24.3 Å². The van der Waals surface area contributed by atoms with E-state index in [1.165, 1.54) is 6.07 Å². The molecule has 2 unspecified atom stereocenters. The van der Waals surface area contributed by atoms with E-state index in [1.54, 1.807) is 25.1 Å². The normalized spacial score (nSPS) is 29.0. The van der Waals surface area contributed by atoms with E-state index in [0.717, 1.165) is 0 Å². The molecule has 0 spiro atoms. The van der Waals surface area contributed by atoms with Crippen LogP contribution in [-0.4, -0.2) is 30.3 Å². The van der Waals surface area contributed by atoms with E-state index in [-0.39, 0.29) is 24.0 Å². The van der Waals surface area contributed by atoms with Crippen molar-refractivity contribution in [3.63, 3.8) is 0 Å². The number of carbonyl (C=O) groups excluding carboxylic acids is 1. The molecule has 1 fully saturated rings. The maximum atomic E-state index is 13.9. The highest BCUT2D eigenvalue weighted by Crippen LogP contribution is 2.34. The molecular weight excluding hydrogens is 273 g/mol. The molecule has 0 amide bonds. The summed E-state index contributed by atoms with van der Waals surface area (Å²) < 4.78 is 24.8. The molecule has 1 saturated heterocycles. The number of para-hydroxylation sites is 1.